The van der Waals surface area contributed by atoms with Crippen LogP contribution in [0.15, 0.2) is 0 Å². The van der Waals surface area contributed by atoms with Gasteiger partial charge in [0, 0.05) is 13.1 Å². The number of rotatable bonds is 5. The third-order valence-electron chi connectivity index (χ3n) is 4.43. The van der Waals surface area contributed by atoms with Crippen molar-refractivity contribution in [1.29, 1.82) is 0 Å². The maximum absolute atomic E-state index is 11.5. The van der Waals surface area contributed by atoms with Crippen LogP contribution in [0.1, 0.15) is 51.9 Å². The molecule has 1 saturated carbocycles. The van der Waals surface area contributed by atoms with Gasteiger partial charge in [-0.15, -0.1) is 0 Å². The summed E-state index contributed by atoms with van der Waals surface area (Å²) in [6.45, 7) is 4.24. The van der Waals surface area contributed by atoms with E-state index in [0.717, 1.165) is 31.8 Å². The second-order valence-corrected chi connectivity index (χ2v) is 5.79. The van der Waals surface area contributed by atoms with Crippen molar-refractivity contribution >= 4 is 5.97 Å². The Morgan fingerprint density at radius 2 is 1.94 bits per heavy atom. The molecule has 3 heteroatoms. The number of carboxylic acid groups (broad SMARTS) is 1. The molecule has 2 rings (SSSR count). The first-order valence-corrected chi connectivity index (χ1v) is 7.19. The van der Waals surface area contributed by atoms with Crippen LogP contribution in [0.25, 0.3) is 0 Å². The first kappa shape index (κ1) is 12.9. The van der Waals surface area contributed by atoms with E-state index in [1.807, 2.05) is 0 Å². The summed E-state index contributed by atoms with van der Waals surface area (Å²) in [5.74, 6) is 0.570. The number of hydrogen-bond donors (Lipinski definition) is 1. The van der Waals surface area contributed by atoms with Crippen LogP contribution in [0.5, 0.6) is 0 Å². The lowest BCUT2D eigenvalue weighted by Crippen LogP contribution is -2.57. The number of carbonyl (C=O) groups is 1. The van der Waals surface area contributed by atoms with Gasteiger partial charge in [0.15, 0.2) is 0 Å². The Bertz CT molecular complexity index is 255. The monoisotopic (exact) mass is 239 g/mol. The van der Waals surface area contributed by atoms with Gasteiger partial charge in [0.05, 0.1) is 0 Å². The maximum atomic E-state index is 11.5. The van der Waals surface area contributed by atoms with Gasteiger partial charge in [-0.2, -0.15) is 0 Å². The van der Waals surface area contributed by atoms with Gasteiger partial charge in [0.1, 0.15) is 6.04 Å². The van der Waals surface area contributed by atoms with Crippen LogP contribution in [-0.4, -0.2) is 35.1 Å². The number of aliphatic carboxylic acids is 1. The molecule has 3 nitrogen and oxygen atoms in total. The lowest BCUT2D eigenvalue weighted by molar-refractivity contribution is -0.150. The maximum Gasteiger partial charge on any atom is 0.321 e. The van der Waals surface area contributed by atoms with Crippen molar-refractivity contribution < 1.29 is 9.90 Å². The minimum absolute atomic E-state index is 0.191. The first-order valence-electron chi connectivity index (χ1n) is 7.19. The SMILES string of the molecule is CCCC1CN(C(C(=O)O)C2CCCCC2)C1. The third kappa shape index (κ3) is 3.01. The molecule has 98 valence electrons. The summed E-state index contributed by atoms with van der Waals surface area (Å²) in [6, 6.07) is -0.191. The van der Waals surface area contributed by atoms with Gasteiger partial charge >= 0.3 is 5.97 Å². The van der Waals surface area contributed by atoms with Gasteiger partial charge in [-0.1, -0.05) is 32.6 Å². The zero-order chi connectivity index (χ0) is 12.3. The lowest BCUT2D eigenvalue weighted by atomic mass is 9.81. The minimum Gasteiger partial charge on any atom is -0.480 e. The molecule has 2 fully saturated rings. The molecule has 1 heterocycles. The summed E-state index contributed by atoms with van der Waals surface area (Å²) in [7, 11) is 0. The molecule has 1 saturated heterocycles. The van der Waals surface area contributed by atoms with Gasteiger partial charge in [0.25, 0.3) is 0 Å². The van der Waals surface area contributed by atoms with Crippen LogP contribution in [0.3, 0.4) is 0 Å². The Kier molecular flexibility index (Phi) is 4.43. The van der Waals surface area contributed by atoms with Gasteiger partial charge in [-0.3, -0.25) is 9.69 Å². The van der Waals surface area contributed by atoms with E-state index in [4.69, 9.17) is 0 Å². The van der Waals surface area contributed by atoms with Crippen LogP contribution in [0.4, 0.5) is 0 Å². The Hall–Kier alpha value is -0.570. The minimum atomic E-state index is -0.591. The molecule has 0 bridgehead atoms. The van der Waals surface area contributed by atoms with Crippen LogP contribution in [0.2, 0.25) is 0 Å². The van der Waals surface area contributed by atoms with E-state index in [0.29, 0.717) is 5.92 Å². The molecule has 1 aliphatic carbocycles. The summed E-state index contributed by atoms with van der Waals surface area (Å²) in [5.41, 5.74) is 0. The number of hydrogen-bond acceptors (Lipinski definition) is 2. The van der Waals surface area contributed by atoms with E-state index in [-0.39, 0.29) is 6.04 Å². The molecule has 0 aromatic rings. The second-order valence-electron chi connectivity index (χ2n) is 5.79. The van der Waals surface area contributed by atoms with E-state index in [1.165, 1.54) is 32.1 Å². The van der Waals surface area contributed by atoms with Crippen LogP contribution >= 0.6 is 0 Å². The van der Waals surface area contributed by atoms with Crippen molar-refractivity contribution in [3.63, 3.8) is 0 Å². The highest BCUT2D eigenvalue weighted by Gasteiger charge is 2.40. The van der Waals surface area contributed by atoms with E-state index >= 15 is 0 Å². The summed E-state index contributed by atoms with van der Waals surface area (Å²) in [4.78, 5) is 13.7. The molecular weight excluding hydrogens is 214 g/mol. The first-order chi connectivity index (χ1) is 8.22. The fraction of sp³-hybridized carbons (Fsp3) is 0.929. The van der Waals surface area contributed by atoms with Crippen molar-refractivity contribution in [3.8, 4) is 0 Å². The predicted octanol–water partition coefficient (Wildman–Crippen LogP) is 2.75. The van der Waals surface area contributed by atoms with E-state index in [9.17, 15) is 9.90 Å². The topological polar surface area (TPSA) is 40.5 Å². The van der Waals surface area contributed by atoms with Gasteiger partial charge in [-0.05, 0) is 31.1 Å². The zero-order valence-corrected chi connectivity index (χ0v) is 10.9. The molecule has 0 aromatic carbocycles. The van der Waals surface area contributed by atoms with E-state index < -0.39 is 5.97 Å². The Morgan fingerprint density at radius 3 is 2.47 bits per heavy atom. The molecule has 1 unspecified atom stereocenters. The molecule has 1 aliphatic heterocycles. The zero-order valence-electron chi connectivity index (χ0n) is 10.9. The van der Waals surface area contributed by atoms with E-state index in [2.05, 4.69) is 11.8 Å². The van der Waals surface area contributed by atoms with Crippen LogP contribution in [-0.2, 0) is 4.79 Å². The second kappa shape index (κ2) is 5.85. The Balaban J connectivity index is 1.87. The third-order valence-corrected chi connectivity index (χ3v) is 4.43. The van der Waals surface area contributed by atoms with Crippen molar-refractivity contribution in [2.45, 2.75) is 57.9 Å². The molecule has 1 atom stereocenters. The average Bonchev–Trinajstić information content (AvgIpc) is 2.27. The molecule has 0 radical (unpaired) electrons. The number of nitrogens with zero attached hydrogens (tertiary/aromatic N) is 1. The normalized spacial score (nSPS) is 25.5. The van der Waals surface area contributed by atoms with E-state index in [1.54, 1.807) is 0 Å². The molecular formula is C14H25NO2. The highest BCUT2D eigenvalue weighted by molar-refractivity contribution is 5.74. The number of carboxylic acids is 1. The lowest BCUT2D eigenvalue weighted by Gasteiger charge is -2.46. The fourth-order valence-corrected chi connectivity index (χ4v) is 3.53. The van der Waals surface area contributed by atoms with Gasteiger partial charge in [-0.25, -0.2) is 0 Å². The van der Waals surface area contributed by atoms with Crippen molar-refractivity contribution in [2.75, 3.05) is 13.1 Å². The largest absolute Gasteiger partial charge is 0.480 e. The highest BCUT2D eigenvalue weighted by Crippen LogP contribution is 2.33. The standard InChI is InChI=1S/C14H25NO2/c1-2-6-11-9-15(10-11)13(14(16)17)12-7-4-3-5-8-12/h11-13H,2-10H2,1H3,(H,16,17). The Labute approximate surface area is 104 Å². The fourth-order valence-electron chi connectivity index (χ4n) is 3.53. The Morgan fingerprint density at radius 1 is 1.29 bits per heavy atom. The summed E-state index contributed by atoms with van der Waals surface area (Å²) in [6.07, 6.45) is 8.45. The summed E-state index contributed by atoms with van der Waals surface area (Å²) < 4.78 is 0. The predicted molar refractivity (Wildman–Crippen MR) is 68.0 cm³/mol. The summed E-state index contributed by atoms with van der Waals surface area (Å²) >= 11 is 0. The smallest absolute Gasteiger partial charge is 0.321 e. The molecule has 0 amide bonds. The van der Waals surface area contributed by atoms with Crippen LogP contribution in [0, 0.1) is 11.8 Å². The van der Waals surface area contributed by atoms with Crippen molar-refractivity contribution in [3.05, 3.63) is 0 Å². The highest BCUT2D eigenvalue weighted by atomic mass is 16.4. The van der Waals surface area contributed by atoms with Crippen LogP contribution < -0.4 is 0 Å². The molecule has 1 N–H and O–H groups in total. The molecule has 2 aliphatic rings. The molecule has 0 aromatic heterocycles. The summed E-state index contributed by atoms with van der Waals surface area (Å²) in [5, 5.41) is 9.44. The van der Waals surface area contributed by atoms with Gasteiger partial charge in [0.2, 0.25) is 0 Å². The van der Waals surface area contributed by atoms with Gasteiger partial charge < -0.3 is 5.11 Å². The molecule has 0 spiro atoms. The number of likely N-dealkylation sites (tertiary alicyclic amines) is 1. The molecule has 17 heavy (non-hydrogen) atoms. The van der Waals surface area contributed by atoms with Crippen molar-refractivity contribution in [1.82, 2.24) is 4.90 Å². The quantitative estimate of drug-likeness (QED) is 0.802. The average molecular weight is 239 g/mol. The van der Waals surface area contributed by atoms with Crippen molar-refractivity contribution in [2.24, 2.45) is 11.8 Å².